The SMILES string of the molecule is CCCCCCCCCCCCCCCCC(CCCCCCCCCCCCCCCC)CN(O)O. The standard InChI is InChI=1S/C34H71NO2/c1-3-5-7-9-11-13-15-17-19-21-23-25-27-29-31-34(33-35(36)37)32-30-28-26-24-22-20-18-16-14-12-10-8-6-4-2/h34,36-37H,3-33H2,1-2H3. The summed E-state index contributed by atoms with van der Waals surface area (Å²) in [4.78, 5) is 0. The molecule has 0 saturated heterocycles. The molecule has 0 aliphatic rings. The van der Waals surface area contributed by atoms with Crippen LogP contribution in [0.3, 0.4) is 0 Å². The number of hydrogen-bond acceptors (Lipinski definition) is 3. The van der Waals surface area contributed by atoms with E-state index in [-0.39, 0.29) is 0 Å². The van der Waals surface area contributed by atoms with Crippen LogP contribution in [0.4, 0.5) is 0 Å². The lowest BCUT2D eigenvalue weighted by atomic mass is 9.94. The van der Waals surface area contributed by atoms with Crippen LogP contribution in [0.25, 0.3) is 0 Å². The first-order valence-corrected chi connectivity index (χ1v) is 17.4. The van der Waals surface area contributed by atoms with E-state index in [2.05, 4.69) is 13.8 Å². The van der Waals surface area contributed by atoms with E-state index >= 15 is 0 Å². The first kappa shape index (κ1) is 36.9. The van der Waals surface area contributed by atoms with Crippen LogP contribution >= 0.6 is 0 Å². The van der Waals surface area contributed by atoms with E-state index in [0.717, 1.165) is 12.8 Å². The van der Waals surface area contributed by atoms with E-state index in [4.69, 9.17) is 0 Å². The van der Waals surface area contributed by atoms with Crippen LogP contribution in [0.1, 0.15) is 206 Å². The molecule has 224 valence electrons. The van der Waals surface area contributed by atoms with Crippen LogP contribution in [-0.4, -0.2) is 22.2 Å². The van der Waals surface area contributed by atoms with Crippen molar-refractivity contribution >= 4 is 0 Å². The van der Waals surface area contributed by atoms with E-state index in [1.165, 1.54) is 180 Å². The summed E-state index contributed by atoms with van der Waals surface area (Å²) in [5.41, 5.74) is 0. The van der Waals surface area contributed by atoms with Crippen LogP contribution in [0.5, 0.6) is 0 Å². The van der Waals surface area contributed by atoms with Crippen LogP contribution in [-0.2, 0) is 0 Å². The highest BCUT2D eigenvalue weighted by molar-refractivity contribution is 4.62. The molecule has 0 atom stereocenters. The Balaban J connectivity index is 3.48. The second-order valence-corrected chi connectivity index (χ2v) is 12.2. The van der Waals surface area contributed by atoms with Gasteiger partial charge in [-0.1, -0.05) is 199 Å². The van der Waals surface area contributed by atoms with Gasteiger partial charge in [-0.05, 0) is 18.8 Å². The Morgan fingerprint density at radius 1 is 0.351 bits per heavy atom. The third-order valence-corrected chi connectivity index (χ3v) is 8.35. The summed E-state index contributed by atoms with van der Waals surface area (Å²) in [5, 5.41) is 19.1. The van der Waals surface area contributed by atoms with Gasteiger partial charge in [0, 0.05) is 0 Å². The zero-order valence-corrected chi connectivity index (χ0v) is 25.8. The molecule has 0 rings (SSSR count). The number of nitrogens with zero attached hydrogens (tertiary/aromatic N) is 1. The zero-order chi connectivity index (χ0) is 27.1. The molecule has 0 fully saturated rings. The maximum Gasteiger partial charge on any atom is 0.0541 e. The average Bonchev–Trinajstić information content (AvgIpc) is 2.88. The summed E-state index contributed by atoms with van der Waals surface area (Å²) in [6, 6.07) is 0. The molecule has 0 aliphatic heterocycles. The summed E-state index contributed by atoms with van der Waals surface area (Å²) in [6.45, 7) is 4.99. The number of unbranched alkanes of at least 4 members (excludes halogenated alkanes) is 26. The predicted octanol–water partition coefficient (Wildman–Crippen LogP) is 12.4. The Kier molecular flexibility index (Phi) is 32.0. The van der Waals surface area contributed by atoms with Crippen molar-refractivity contribution < 1.29 is 10.4 Å². The second kappa shape index (κ2) is 32.1. The average molecular weight is 526 g/mol. The highest BCUT2D eigenvalue weighted by atomic mass is 16.8. The fourth-order valence-corrected chi connectivity index (χ4v) is 5.81. The van der Waals surface area contributed by atoms with Crippen molar-refractivity contribution in [1.82, 2.24) is 5.23 Å². The molecule has 0 bridgehead atoms. The van der Waals surface area contributed by atoms with Gasteiger partial charge in [0.1, 0.15) is 0 Å². The van der Waals surface area contributed by atoms with Crippen molar-refractivity contribution in [3.8, 4) is 0 Å². The molecule has 0 amide bonds. The zero-order valence-electron chi connectivity index (χ0n) is 25.8. The Bertz CT molecular complexity index is 369. The van der Waals surface area contributed by atoms with Crippen LogP contribution in [0.15, 0.2) is 0 Å². The highest BCUT2D eigenvalue weighted by Gasteiger charge is 2.11. The number of hydrogen-bond donors (Lipinski definition) is 2. The monoisotopic (exact) mass is 526 g/mol. The molecule has 0 aromatic heterocycles. The molecule has 0 aromatic rings. The van der Waals surface area contributed by atoms with Crippen molar-refractivity contribution in [3.63, 3.8) is 0 Å². The Labute approximate surface area is 234 Å². The first-order chi connectivity index (χ1) is 18.2. The third-order valence-electron chi connectivity index (χ3n) is 8.35. The fourth-order valence-electron chi connectivity index (χ4n) is 5.81. The summed E-state index contributed by atoms with van der Waals surface area (Å²) in [5.74, 6) is 0.435. The molecule has 0 unspecified atom stereocenters. The Morgan fingerprint density at radius 3 is 0.784 bits per heavy atom. The quantitative estimate of drug-likeness (QED) is 0.0677. The number of rotatable bonds is 32. The van der Waals surface area contributed by atoms with Gasteiger partial charge in [0.25, 0.3) is 0 Å². The topological polar surface area (TPSA) is 43.7 Å². The predicted molar refractivity (Wildman–Crippen MR) is 164 cm³/mol. The molecule has 0 saturated carbocycles. The van der Waals surface area contributed by atoms with Crippen molar-refractivity contribution in [1.29, 1.82) is 0 Å². The van der Waals surface area contributed by atoms with Gasteiger partial charge in [-0.15, -0.1) is 0 Å². The van der Waals surface area contributed by atoms with Crippen molar-refractivity contribution in [3.05, 3.63) is 0 Å². The first-order valence-electron chi connectivity index (χ1n) is 17.4. The lowest BCUT2D eigenvalue weighted by molar-refractivity contribution is -0.312. The molecule has 37 heavy (non-hydrogen) atoms. The molecule has 3 heteroatoms. The van der Waals surface area contributed by atoms with E-state index in [0.29, 0.717) is 17.7 Å². The molecule has 3 nitrogen and oxygen atoms in total. The maximum absolute atomic E-state index is 9.34. The highest BCUT2D eigenvalue weighted by Crippen LogP contribution is 2.21. The van der Waals surface area contributed by atoms with Gasteiger partial charge in [0.2, 0.25) is 0 Å². The van der Waals surface area contributed by atoms with Crippen molar-refractivity contribution in [2.45, 2.75) is 206 Å². The van der Waals surface area contributed by atoms with Gasteiger partial charge in [0.15, 0.2) is 0 Å². The normalized spacial score (nSPS) is 11.8. The van der Waals surface area contributed by atoms with Gasteiger partial charge in [-0.2, -0.15) is 0 Å². The smallest absolute Gasteiger partial charge is 0.0541 e. The Morgan fingerprint density at radius 2 is 0.568 bits per heavy atom. The molecular formula is C34H71NO2. The molecule has 2 N–H and O–H groups in total. The summed E-state index contributed by atoms with van der Waals surface area (Å²) >= 11 is 0. The largest absolute Gasteiger partial charge is 0.290 e. The second-order valence-electron chi connectivity index (χ2n) is 12.2. The molecule has 0 heterocycles. The van der Waals surface area contributed by atoms with Gasteiger partial charge < -0.3 is 0 Å². The lowest BCUT2D eigenvalue weighted by Crippen LogP contribution is -2.23. The fraction of sp³-hybridized carbons (Fsp3) is 1.00. The van der Waals surface area contributed by atoms with E-state index in [1.807, 2.05) is 0 Å². The van der Waals surface area contributed by atoms with Crippen LogP contribution < -0.4 is 0 Å². The van der Waals surface area contributed by atoms with Crippen molar-refractivity contribution in [2.75, 3.05) is 6.54 Å². The minimum absolute atomic E-state index is 0.414. The summed E-state index contributed by atoms with van der Waals surface area (Å²) < 4.78 is 0. The van der Waals surface area contributed by atoms with E-state index in [9.17, 15) is 10.4 Å². The van der Waals surface area contributed by atoms with Gasteiger partial charge in [-0.25, -0.2) is 0 Å². The van der Waals surface area contributed by atoms with Crippen molar-refractivity contribution in [2.24, 2.45) is 5.92 Å². The molecule has 0 spiro atoms. The van der Waals surface area contributed by atoms with E-state index in [1.54, 1.807) is 0 Å². The minimum Gasteiger partial charge on any atom is -0.290 e. The lowest BCUT2D eigenvalue weighted by Gasteiger charge is -2.18. The van der Waals surface area contributed by atoms with E-state index < -0.39 is 0 Å². The molecule has 0 aliphatic carbocycles. The third kappa shape index (κ3) is 32.0. The summed E-state index contributed by atoms with van der Waals surface area (Å²) in [6.07, 6.45) is 41.3. The van der Waals surface area contributed by atoms with Gasteiger partial charge >= 0.3 is 0 Å². The molecule has 0 aromatic carbocycles. The molecular weight excluding hydrogens is 454 g/mol. The Hall–Kier alpha value is -0.120. The molecule has 0 radical (unpaired) electrons. The summed E-state index contributed by atoms with van der Waals surface area (Å²) in [7, 11) is 0. The maximum atomic E-state index is 9.34. The van der Waals surface area contributed by atoms with Gasteiger partial charge in [-0.3, -0.25) is 10.4 Å². The number of hydroxylamine groups is 2. The van der Waals surface area contributed by atoms with Gasteiger partial charge in [0.05, 0.1) is 6.54 Å². The minimum atomic E-state index is 0.414. The van der Waals surface area contributed by atoms with Crippen LogP contribution in [0, 0.1) is 5.92 Å². The van der Waals surface area contributed by atoms with Crippen LogP contribution in [0.2, 0.25) is 0 Å².